The molecule has 1 aliphatic rings. The second kappa shape index (κ2) is 10.00. The van der Waals surface area contributed by atoms with Crippen LogP contribution >= 0.6 is 30.9 Å². The van der Waals surface area contributed by atoms with Crippen LogP contribution in [-0.4, -0.2) is 60.5 Å². The highest BCUT2D eigenvalue weighted by atomic mass is 35.5. The molecule has 1 heterocycles. The summed E-state index contributed by atoms with van der Waals surface area (Å²) in [6.07, 6.45) is 0. The summed E-state index contributed by atoms with van der Waals surface area (Å²) in [7, 11) is -3.19. The Bertz CT molecular complexity index is 495. The maximum Gasteiger partial charge on any atom is 0.346 e. The standard InChI is InChI=1S/C15H23Cl2N2O3P/c16-6-8-18(9-7-17)23(20,19-10-12-21-13-11-19)22-14-15-4-2-1-3-5-15/h1-5H,6-14H2. The Hall–Kier alpha value is -0.130. The van der Waals surface area contributed by atoms with Gasteiger partial charge in [-0.1, -0.05) is 30.3 Å². The van der Waals surface area contributed by atoms with Gasteiger partial charge in [0, 0.05) is 37.9 Å². The Morgan fingerprint density at radius 2 is 1.74 bits per heavy atom. The number of alkyl halides is 2. The minimum absolute atomic E-state index is 0.288. The van der Waals surface area contributed by atoms with E-state index in [9.17, 15) is 4.57 Å². The third kappa shape index (κ3) is 5.43. The van der Waals surface area contributed by atoms with Crippen molar-refractivity contribution in [2.75, 3.05) is 51.2 Å². The van der Waals surface area contributed by atoms with Crippen LogP contribution in [0.25, 0.3) is 0 Å². The molecule has 1 fully saturated rings. The van der Waals surface area contributed by atoms with Crippen LogP contribution in [0.3, 0.4) is 0 Å². The fourth-order valence-electron chi connectivity index (χ4n) is 2.44. The van der Waals surface area contributed by atoms with E-state index in [2.05, 4.69) is 0 Å². The Balaban J connectivity index is 2.16. The molecule has 0 aromatic heterocycles. The maximum absolute atomic E-state index is 13.7. The van der Waals surface area contributed by atoms with Crippen LogP contribution in [0.1, 0.15) is 5.56 Å². The molecule has 1 unspecified atom stereocenters. The van der Waals surface area contributed by atoms with Gasteiger partial charge < -0.3 is 9.26 Å². The number of benzene rings is 1. The lowest BCUT2D eigenvalue weighted by Gasteiger charge is -2.39. The number of ether oxygens (including phenoxy) is 1. The van der Waals surface area contributed by atoms with Gasteiger partial charge in [-0.15, -0.1) is 23.2 Å². The molecule has 0 aliphatic carbocycles. The van der Waals surface area contributed by atoms with Crippen LogP contribution < -0.4 is 0 Å². The van der Waals surface area contributed by atoms with Crippen molar-refractivity contribution < 1.29 is 13.8 Å². The zero-order valence-corrected chi connectivity index (χ0v) is 15.5. The van der Waals surface area contributed by atoms with Gasteiger partial charge in [0.1, 0.15) is 0 Å². The molecule has 0 amide bonds. The summed E-state index contributed by atoms with van der Waals surface area (Å²) in [5.74, 6) is 0.750. The molecule has 1 saturated heterocycles. The van der Waals surface area contributed by atoms with Crippen molar-refractivity contribution >= 4 is 30.9 Å². The third-order valence-electron chi connectivity index (χ3n) is 3.63. The predicted octanol–water partition coefficient (Wildman–Crippen LogP) is 3.42. The van der Waals surface area contributed by atoms with E-state index in [4.69, 9.17) is 32.5 Å². The lowest BCUT2D eigenvalue weighted by atomic mass is 10.2. The first-order valence-corrected chi connectivity index (χ1v) is 10.3. The monoisotopic (exact) mass is 380 g/mol. The smallest absolute Gasteiger partial charge is 0.346 e. The Morgan fingerprint density at radius 3 is 2.30 bits per heavy atom. The number of hydrogen-bond donors (Lipinski definition) is 0. The molecule has 0 bridgehead atoms. The van der Waals surface area contributed by atoms with Gasteiger partial charge in [0.25, 0.3) is 0 Å². The second-order valence-electron chi connectivity index (χ2n) is 5.15. The highest BCUT2D eigenvalue weighted by Crippen LogP contribution is 2.55. The predicted molar refractivity (Wildman–Crippen MR) is 94.2 cm³/mol. The number of morpholine rings is 1. The summed E-state index contributed by atoms with van der Waals surface area (Å²) in [6.45, 7) is 3.48. The van der Waals surface area contributed by atoms with Crippen molar-refractivity contribution in [3.63, 3.8) is 0 Å². The molecule has 0 N–H and O–H groups in total. The van der Waals surface area contributed by atoms with Crippen LogP contribution in [0.4, 0.5) is 0 Å². The van der Waals surface area contributed by atoms with Crippen molar-refractivity contribution in [3.8, 4) is 0 Å². The van der Waals surface area contributed by atoms with E-state index in [1.165, 1.54) is 0 Å². The minimum atomic E-state index is -3.19. The summed E-state index contributed by atoms with van der Waals surface area (Å²) in [6, 6.07) is 9.73. The molecule has 1 aromatic carbocycles. The summed E-state index contributed by atoms with van der Waals surface area (Å²) in [4.78, 5) is 0. The topological polar surface area (TPSA) is 42.0 Å². The lowest BCUT2D eigenvalue weighted by Crippen LogP contribution is -2.41. The van der Waals surface area contributed by atoms with Gasteiger partial charge in [-0.05, 0) is 5.56 Å². The van der Waals surface area contributed by atoms with Crippen LogP contribution in [-0.2, 0) is 20.4 Å². The molecule has 1 aromatic rings. The van der Waals surface area contributed by atoms with Gasteiger partial charge >= 0.3 is 7.67 Å². The molecule has 1 atom stereocenters. The molecule has 2 rings (SSSR count). The van der Waals surface area contributed by atoms with E-state index in [1.807, 2.05) is 35.0 Å². The van der Waals surface area contributed by atoms with Gasteiger partial charge in [0.2, 0.25) is 0 Å². The van der Waals surface area contributed by atoms with Crippen molar-refractivity contribution in [2.45, 2.75) is 6.61 Å². The molecule has 0 saturated carbocycles. The van der Waals surface area contributed by atoms with E-state index in [0.717, 1.165) is 5.56 Å². The van der Waals surface area contributed by atoms with Crippen LogP contribution in [0.2, 0.25) is 0 Å². The van der Waals surface area contributed by atoms with Gasteiger partial charge in [-0.2, -0.15) is 0 Å². The van der Waals surface area contributed by atoms with E-state index >= 15 is 0 Å². The van der Waals surface area contributed by atoms with E-state index in [0.29, 0.717) is 51.2 Å². The van der Waals surface area contributed by atoms with E-state index < -0.39 is 7.67 Å². The highest BCUT2D eigenvalue weighted by molar-refractivity contribution is 7.53. The Kier molecular flexibility index (Phi) is 8.34. The summed E-state index contributed by atoms with van der Waals surface area (Å²) < 4.78 is 28.7. The largest absolute Gasteiger partial charge is 0.379 e. The Labute approximate surface area is 148 Å². The third-order valence-corrected chi connectivity index (χ3v) is 6.66. The normalized spacial score (nSPS) is 18.9. The fourth-order valence-corrected chi connectivity index (χ4v) is 5.46. The molecule has 0 radical (unpaired) electrons. The average molecular weight is 381 g/mol. The highest BCUT2D eigenvalue weighted by Gasteiger charge is 2.39. The van der Waals surface area contributed by atoms with Crippen molar-refractivity contribution in [3.05, 3.63) is 35.9 Å². The Morgan fingerprint density at radius 1 is 1.13 bits per heavy atom. The number of hydrogen-bond acceptors (Lipinski definition) is 3. The van der Waals surface area contributed by atoms with Crippen LogP contribution in [0.15, 0.2) is 30.3 Å². The SMILES string of the molecule is O=P(OCc1ccccc1)(N(CCCl)CCCl)N1CCOCC1. The molecule has 0 spiro atoms. The quantitative estimate of drug-likeness (QED) is 0.484. The first-order chi connectivity index (χ1) is 11.2. The zero-order valence-electron chi connectivity index (χ0n) is 13.1. The fraction of sp³-hybridized carbons (Fsp3) is 0.600. The van der Waals surface area contributed by atoms with Crippen LogP contribution in [0.5, 0.6) is 0 Å². The van der Waals surface area contributed by atoms with Crippen LogP contribution in [0, 0.1) is 0 Å². The minimum Gasteiger partial charge on any atom is -0.379 e. The maximum atomic E-state index is 13.7. The lowest BCUT2D eigenvalue weighted by molar-refractivity contribution is 0.0577. The van der Waals surface area contributed by atoms with E-state index in [-0.39, 0.29) is 6.61 Å². The summed E-state index contributed by atoms with van der Waals surface area (Å²) in [5, 5.41) is 0. The number of rotatable bonds is 9. The first kappa shape index (κ1) is 19.2. The van der Waals surface area contributed by atoms with Crippen molar-refractivity contribution in [1.82, 2.24) is 9.34 Å². The second-order valence-corrected chi connectivity index (χ2v) is 8.27. The molecule has 5 nitrogen and oxygen atoms in total. The molecule has 8 heteroatoms. The number of halogens is 2. The molecular formula is C15H23Cl2N2O3P. The molecular weight excluding hydrogens is 358 g/mol. The van der Waals surface area contributed by atoms with Gasteiger partial charge in [0.15, 0.2) is 0 Å². The van der Waals surface area contributed by atoms with Crippen molar-refractivity contribution in [1.29, 1.82) is 0 Å². The zero-order chi connectivity index (χ0) is 16.5. The molecule has 1 aliphatic heterocycles. The van der Waals surface area contributed by atoms with E-state index in [1.54, 1.807) is 4.67 Å². The van der Waals surface area contributed by atoms with Gasteiger partial charge in [0.05, 0.1) is 19.8 Å². The van der Waals surface area contributed by atoms with Gasteiger partial charge in [-0.25, -0.2) is 9.34 Å². The molecule has 23 heavy (non-hydrogen) atoms. The molecule has 130 valence electrons. The van der Waals surface area contributed by atoms with Gasteiger partial charge in [-0.3, -0.25) is 4.57 Å². The van der Waals surface area contributed by atoms with Crippen molar-refractivity contribution in [2.24, 2.45) is 0 Å². The average Bonchev–Trinajstić information content (AvgIpc) is 2.61. The first-order valence-electron chi connectivity index (χ1n) is 7.69. The summed E-state index contributed by atoms with van der Waals surface area (Å²) in [5.41, 5.74) is 0.984. The summed E-state index contributed by atoms with van der Waals surface area (Å²) >= 11 is 11.8. The number of nitrogens with zero attached hydrogens (tertiary/aromatic N) is 2.